The van der Waals surface area contributed by atoms with Crippen LogP contribution in [0, 0.1) is 0 Å². The van der Waals surface area contributed by atoms with Crippen molar-refractivity contribution in [2.75, 3.05) is 19.5 Å². The van der Waals surface area contributed by atoms with Crippen LogP contribution in [0.25, 0.3) is 0 Å². The second-order valence-electron chi connectivity index (χ2n) is 5.85. The summed E-state index contributed by atoms with van der Waals surface area (Å²) >= 11 is 3.59. The highest BCUT2D eigenvalue weighted by Crippen LogP contribution is 2.35. The van der Waals surface area contributed by atoms with Gasteiger partial charge in [0.05, 0.1) is 10.2 Å². The van der Waals surface area contributed by atoms with Crippen LogP contribution in [-0.4, -0.2) is 24.1 Å². The first kappa shape index (κ1) is 16.4. The van der Waals surface area contributed by atoms with E-state index in [9.17, 15) is 0 Å². The van der Waals surface area contributed by atoms with Gasteiger partial charge in [-0.2, -0.15) is 0 Å². The molecule has 0 fully saturated rings. The standard InChI is InChI=1S/C14H24BrN3O/c1-8-14(5,19-7)12-17-10(13(2,3)4)9(15)11(16-6)18-12/h8H2,1-7H3,(H,16,17,18). The van der Waals surface area contributed by atoms with Gasteiger partial charge in [-0.1, -0.05) is 27.7 Å². The predicted molar refractivity (Wildman–Crippen MR) is 82.6 cm³/mol. The molecule has 108 valence electrons. The molecule has 0 radical (unpaired) electrons. The molecule has 1 N–H and O–H groups in total. The first-order valence-electron chi connectivity index (χ1n) is 6.51. The maximum absolute atomic E-state index is 5.61. The number of ether oxygens (including phenoxy) is 1. The maximum atomic E-state index is 5.61. The van der Waals surface area contributed by atoms with Gasteiger partial charge in [0.2, 0.25) is 0 Å². The summed E-state index contributed by atoms with van der Waals surface area (Å²) in [5.74, 6) is 1.52. The molecule has 0 saturated heterocycles. The van der Waals surface area contributed by atoms with Crippen molar-refractivity contribution < 1.29 is 4.74 Å². The van der Waals surface area contributed by atoms with Crippen molar-refractivity contribution in [3.8, 4) is 0 Å². The fraction of sp³-hybridized carbons (Fsp3) is 0.714. The molecule has 1 unspecified atom stereocenters. The highest BCUT2D eigenvalue weighted by atomic mass is 79.9. The molecule has 1 aromatic heterocycles. The van der Waals surface area contributed by atoms with Gasteiger partial charge in [0.15, 0.2) is 5.82 Å². The molecule has 0 aliphatic carbocycles. The molecule has 0 bridgehead atoms. The fourth-order valence-corrected chi connectivity index (χ4v) is 2.71. The van der Waals surface area contributed by atoms with Crippen molar-refractivity contribution in [3.05, 3.63) is 16.0 Å². The first-order chi connectivity index (χ1) is 8.69. The Morgan fingerprint density at radius 1 is 1.21 bits per heavy atom. The predicted octanol–water partition coefficient (Wildman–Crippen LogP) is 3.85. The average Bonchev–Trinajstić information content (AvgIpc) is 2.36. The van der Waals surface area contributed by atoms with Crippen molar-refractivity contribution in [1.29, 1.82) is 0 Å². The van der Waals surface area contributed by atoms with Gasteiger partial charge in [-0.25, -0.2) is 9.97 Å². The summed E-state index contributed by atoms with van der Waals surface area (Å²) in [5, 5.41) is 3.11. The monoisotopic (exact) mass is 329 g/mol. The molecule has 0 aliphatic rings. The van der Waals surface area contributed by atoms with Crippen LogP contribution in [0.1, 0.15) is 52.6 Å². The largest absolute Gasteiger partial charge is 0.372 e. The molecule has 1 rings (SSSR count). The van der Waals surface area contributed by atoms with Gasteiger partial charge in [-0.3, -0.25) is 0 Å². The summed E-state index contributed by atoms with van der Waals surface area (Å²) < 4.78 is 6.53. The smallest absolute Gasteiger partial charge is 0.162 e. The highest BCUT2D eigenvalue weighted by molar-refractivity contribution is 9.10. The minimum atomic E-state index is -0.466. The highest BCUT2D eigenvalue weighted by Gasteiger charge is 2.31. The number of methoxy groups -OCH3 is 1. The number of hydrogen-bond acceptors (Lipinski definition) is 4. The third kappa shape index (κ3) is 3.26. The van der Waals surface area contributed by atoms with Crippen LogP contribution in [0.5, 0.6) is 0 Å². The van der Waals surface area contributed by atoms with Gasteiger partial charge in [-0.05, 0) is 29.3 Å². The third-order valence-electron chi connectivity index (χ3n) is 3.40. The van der Waals surface area contributed by atoms with Crippen molar-refractivity contribution in [3.63, 3.8) is 0 Å². The molecular formula is C14H24BrN3O. The Morgan fingerprint density at radius 3 is 2.16 bits per heavy atom. The van der Waals surface area contributed by atoms with E-state index < -0.39 is 5.60 Å². The zero-order valence-corrected chi connectivity index (χ0v) is 14.5. The summed E-state index contributed by atoms with van der Waals surface area (Å²) in [6.07, 6.45) is 0.817. The van der Waals surface area contributed by atoms with Gasteiger partial charge in [0.25, 0.3) is 0 Å². The molecular weight excluding hydrogens is 306 g/mol. The quantitative estimate of drug-likeness (QED) is 0.911. The van der Waals surface area contributed by atoms with E-state index in [2.05, 4.69) is 53.9 Å². The summed E-state index contributed by atoms with van der Waals surface area (Å²) in [6.45, 7) is 10.5. The summed E-state index contributed by atoms with van der Waals surface area (Å²) in [4.78, 5) is 9.33. The minimum absolute atomic E-state index is 0.0650. The summed E-state index contributed by atoms with van der Waals surface area (Å²) in [7, 11) is 3.56. The van der Waals surface area contributed by atoms with Gasteiger partial charge in [-0.15, -0.1) is 0 Å². The van der Waals surface area contributed by atoms with Crippen LogP contribution >= 0.6 is 15.9 Å². The topological polar surface area (TPSA) is 47.0 Å². The number of aromatic nitrogens is 2. The molecule has 0 amide bonds. The Labute approximate surface area is 124 Å². The molecule has 5 heteroatoms. The molecule has 0 aromatic carbocycles. The zero-order valence-electron chi connectivity index (χ0n) is 12.9. The number of halogens is 1. The lowest BCUT2D eigenvalue weighted by molar-refractivity contribution is -0.00919. The minimum Gasteiger partial charge on any atom is -0.372 e. The number of nitrogens with zero attached hydrogens (tertiary/aromatic N) is 2. The molecule has 19 heavy (non-hydrogen) atoms. The lowest BCUT2D eigenvalue weighted by atomic mass is 9.91. The van der Waals surface area contributed by atoms with E-state index in [0.29, 0.717) is 0 Å². The Balaban J connectivity index is 3.53. The molecule has 0 saturated carbocycles. The van der Waals surface area contributed by atoms with E-state index >= 15 is 0 Å². The Kier molecular flexibility index (Phi) is 4.96. The number of rotatable bonds is 4. The van der Waals surface area contributed by atoms with Crippen LogP contribution in [0.3, 0.4) is 0 Å². The van der Waals surface area contributed by atoms with Crippen LogP contribution < -0.4 is 5.32 Å². The third-order valence-corrected chi connectivity index (χ3v) is 4.15. The lowest BCUT2D eigenvalue weighted by Gasteiger charge is -2.28. The maximum Gasteiger partial charge on any atom is 0.162 e. The zero-order chi connectivity index (χ0) is 14.8. The molecule has 0 spiro atoms. The van der Waals surface area contributed by atoms with E-state index in [1.807, 2.05) is 14.0 Å². The molecule has 4 nitrogen and oxygen atoms in total. The average molecular weight is 330 g/mol. The first-order valence-corrected chi connectivity index (χ1v) is 7.30. The van der Waals surface area contributed by atoms with Gasteiger partial charge in [0.1, 0.15) is 11.4 Å². The summed E-state index contributed by atoms with van der Waals surface area (Å²) in [5.41, 5.74) is 0.454. The molecule has 1 atom stereocenters. The van der Waals surface area contributed by atoms with E-state index in [0.717, 1.165) is 28.2 Å². The van der Waals surface area contributed by atoms with E-state index in [-0.39, 0.29) is 5.41 Å². The van der Waals surface area contributed by atoms with Crippen molar-refractivity contribution >= 4 is 21.7 Å². The SMILES string of the molecule is CCC(C)(OC)c1nc(NC)c(Br)c(C(C)(C)C)n1. The number of nitrogens with one attached hydrogen (secondary N) is 1. The molecule has 1 heterocycles. The molecule has 0 aliphatic heterocycles. The van der Waals surface area contributed by atoms with Gasteiger partial charge >= 0.3 is 0 Å². The second-order valence-corrected chi connectivity index (χ2v) is 6.64. The van der Waals surface area contributed by atoms with E-state index in [4.69, 9.17) is 9.72 Å². The normalized spacial score (nSPS) is 15.2. The van der Waals surface area contributed by atoms with Crippen LogP contribution in [0.15, 0.2) is 4.47 Å². The van der Waals surface area contributed by atoms with Crippen molar-refractivity contribution in [2.45, 2.75) is 52.1 Å². The van der Waals surface area contributed by atoms with Crippen LogP contribution in [0.4, 0.5) is 5.82 Å². The van der Waals surface area contributed by atoms with E-state index in [1.165, 1.54) is 0 Å². The Morgan fingerprint density at radius 2 is 1.79 bits per heavy atom. The fourth-order valence-electron chi connectivity index (χ4n) is 1.74. The summed E-state index contributed by atoms with van der Waals surface area (Å²) in [6, 6.07) is 0. The molecule has 1 aromatic rings. The second kappa shape index (κ2) is 5.75. The van der Waals surface area contributed by atoms with Crippen molar-refractivity contribution in [1.82, 2.24) is 9.97 Å². The van der Waals surface area contributed by atoms with Gasteiger partial charge < -0.3 is 10.1 Å². The Hall–Kier alpha value is -0.680. The number of anilines is 1. The van der Waals surface area contributed by atoms with Crippen molar-refractivity contribution in [2.24, 2.45) is 0 Å². The lowest BCUT2D eigenvalue weighted by Crippen LogP contribution is -2.29. The van der Waals surface area contributed by atoms with Crippen LogP contribution in [0.2, 0.25) is 0 Å². The van der Waals surface area contributed by atoms with E-state index in [1.54, 1.807) is 7.11 Å². The van der Waals surface area contributed by atoms with Crippen LogP contribution in [-0.2, 0) is 15.8 Å². The Bertz CT molecular complexity index is 451. The van der Waals surface area contributed by atoms with Gasteiger partial charge in [0, 0.05) is 19.6 Å². The number of hydrogen-bond donors (Lipinski definition) is 1.